The molecule has 0 bridgehead atoms. The molecule has 0 unspecified atom stereocenters. The van der Waals surface area contributed by atoms with Gasteiger partial charge in [0, 0.05) is 11.2 Å². The SMILES string of the molecule is CCOC(=O)NC(=O)/C(C#N)=C/Nc1c(Cl)cc(Cl)cc1Cl. The number of hydrogen-bond acceptors (Lipinski definition) is 5. The van der Waals surface area contributed by atoms with Gasteiger partial charge in [-0.1, -0.05) is 34.8 Å². The fourth-order valence-corrected chi connectivity index (χ4v) is 2.23. The van der Waals surface area contributed by atoms with Crippen molar-refractivity contribution in [2.75, 3.05) is 11.9 Å². The minimum Gasteiger partial charge on any atom is -0.450 e. The summed E-state index contributed by atoms with van der Waals surface area (Å²) < 4.78 is 4.54. The van der Waals surface area contributed by atoms with Crippen molar-refractivity contribution in [2.45, 2.75) is 6.92 Å². The number of ether oxygens (including phenoxy) is 1. The molecule has 0 fully saturated rings. The van der Waals surface area contributed by atoms with Crippen molar-refractivity contribution in [3.05, 3.63) is 39.0 Å². The van der Waals surface area contributed by atoms with Crippen LogP contribution in [0, 0.1) is 11.3 Å². The van der Waals surface area contributed by atoms with Gasteiger partial charge in [-0.2, -0.15) is 5.26 Å². The molecule has 1 rings (SSSR count). The smallest absolute Gasteiger partial charge is 0.414 e. The number of rotatable bonds is 4. The summed E-state index contributed by atoms with van der Waals surface area (Å²) in [6.45, 7) is 1.68. The van der Waals surface area contributed by atoms with Crippen molar-refractivity contribution in [3.63, 3.8) is 0 Å². The van der Waals surface area contributed by atoms with Crippen LogP contribution in [-0.4, -0.2) is 18.6 Å². The van der Waals surface area contributed by atoms with E-state index in [1.54, 1.807) is 13.0 Å². The summed E-state index contributed by atoms with van der Waals surface area (Å²) in [5.74, 6) is -0.922. The monoisotopic (exact) mass is 361 g/mol. The summed E-state index contributed by atoms with van der Waals surface area (Å²) >= 11 is 17.7. The van der Waals surface area contributed by atoms with Crippen LogP contribution < -0.4 is 10.6 Å². The maximum atomic E-state index is 11.7. The Morgan fingerprint density at radius 2 is 1.91 bits per heavy atom. The molecule has 0 aliphatic heterocycles. The van der Waals surface area contributed by atoms with Gasteiger partial charge in [-0.25, -0.2) is 4.79 Å². The lowest BCUT2D eigenvalue weighted by atomic mass is 10.3. The first kappa shape index (κ1) is 18.1. The van der Waals surface area contributed by atoms with Gasteiger partial charge in [-0.05, 0) is 19.1 Å². The number of alkyl carbamates (subject to hydrolysis) is 1. The third kappa shape index (κ3) is 5.11. The van der Waals surface area contributed by atoms with Crippen LogP contribution in [0.25, 0.3) is 0 Å². The van der Waals surface area contributed by atoms with E-state index in [0.717, 1.165) is 6.20 Å². The molecule has 6 nitrogen and oxygen atoms in total. The number of hydrogen-bond donors (Lipinski definition) is 2. The van der Waals surface area contributed by atoms with Crippen molar-refractivity contribution in [1.29, 1.82) is 5.26 Å². The summed E-state index contributed by atoms with van der Waals surface area (Å²) in [6.07, 6.45) is 0.117. The number of nitrogens with zero attached hydrogens (tertiary/aromatic N) is 1. The van der Waals surface area contributed by atoms with Gasteiger partial charge in [0.25, 0.3) is 5.91 Å². The maximum absolute atomic E-state index is 11.7. The Hall–Kier alpha value is -1.94. The number of carbonyl (C=O) groups is 2. The molecular weight excluding hydrogens is 353 g/mol. The van der Waals surface area contributed by atoms with Gasteiger partial charge in [0.05, 0.1) is 22.3 Å². The van der Waals surface area contributed by atoms with Crippen LogP contribution in [0.1, 0.15) is 6.92 Å². The average molecular weight is 363 g/mol. The van der Waals surface area contributed by atoms with Gasteiger partial charge in [0.2, 0.25) is 0 Å². The van der Waals surface area contributed by atoms with E-state index < -0.39 is 12.0 Å². The lowest BCUT2D eigenvalue weighted by molar-refractivity contribution is -0.116. The molecule has 0 heterocycles. The molecule has 1 aromatic rings. The number of imide groups is 1. The third-order valence-electron chi connectivity index (χ3n) is 2.22. The van der Waals surface area contributed by atoms with Crippen LogP contribution in [0.4, 0.5) is 10.5 Å². The molecule has 0 aliphatic carbocycles. The summed E-state index contributed by atoms with van der Waals surface area (Å²) in [5, 5.41) is 14.2. The zero-order chi connectivity index (χ0) is 16.7. The maximum Gasteiger partial charge on any atom is 0.414 e. The van der Waals surface area contributed by atoms with E-state index in [-0.39, 0.29) is 27.9 Å². The highest BCUT2D eigenvalue weighted by molar-refractivity contribution is 6.41. The Morgan fingerprint density at radius 1 is 1.32 bits per heavy atom. The Morgan fingerprint density at radius 3 is 2.41 bits per heavy atom. The van der Waals surface area contributed by atoms with Crippen LogP contribution in [-0.2, 0) is 9.53 Å². The van der Waals surface area contributed by atoms with E-state index in [4.69, 9.17) is 40.1 Å². The summed E-state index contributed by atoms with van der Waals surface area (Å²) in [4.78, 5) is 22.8. The predicted octanol–water partition coefficient (Wildman–Crippen LogP) is 3.74. The van der Waals surface area contributed by atoms with Gasteiger partial charge in [-0.15, -0.1) is 0 Å². The highest BCUT2D eigenvalue weighted by Gasteiger charge is 2.14. The summed E-state index contributed by atoms with van der Waals surface area (Å²) in [5.41, 5.74) is -0.0976. The molecule has 0 atom stereocenters. The molecule has 2 N–H and O–H groups in total. The lowest BCUT2D eigenvalue weighted by Gasteiger charge is -2.08. The molecule has 0 spiro atoms. The molecule has 116 valence electrons. The van der Waals surface area contributed by atoms with Gasteiger partial charge in [0.1, 0.15) is 11.6 Å². The number of anilines is 1. The summed E-state index contributed by atoms with van der Waals surface area (Å²) in [6, 6.07) is 4.52. The van der Waals surface area contributed by atoms with Crippen LogP contribution in [0.15, 0.2) is 23.9 Å². The largest absolute Gasteiger partial charge is 0.450 e. The molecule has 22 heavy (non-hydrogen) atoms. The van der Waals surface area contributed by atoms with Crippen molar-refractivity contribution in [3.8, 4) is 6.07 Å². The minimum atomic E-state index is -0.948. The molecule has 1 aromatic carbocycles. The molecule has 9 heteroatoms. The zero-order valence-electron chi connectivity index (χ0n) is 11.2. The molecule has 0 saturated heterocycles. The molecule has 0 aromatic heterocycles. The van der Waals surface area contributed by atoms with Crippen molar-refractivity contribution >= 4 is 52.5 Å². The fraction of sp³-hybridized carbons (Fsp3) is 0.154. The van der Waals surface area contributed by atoms with Crippen molar-refractivity contribution in [2.24, 2.45) is 0 Å². The van der Waals surface area contributed by atoms with Gasteiger partial charge in [0.15, 0.2) is 0 Å². The normalized spacial score (nSPS) is 10.6. The van der Waals surface area contributed by atoms with Crippen LogP contribution >= 0.6 is 34.8 Å². The second kappa shape index (κ2) is 8.49. The van der Waals surface area contributed by atoms with Gasteiger partial charge in [-0.3, -0.25) is 10.1 Å². The Bertz CT molecular complexity index is 645. The second-order valence-corrected chi connectivity index (χ2v) is 4.98. The quantitative estimate of drug-likeness (QED) is 0.629. The number of halogens is 3. The van der Waals surface area contributed by atoms with E-state index in [1.165, 1.54) is 12.1 Å². The van der Waals surface area contributed by atoms with Crippen LogP contribution in [0.5, 0.6) is 0 Å². The summed E-state index contributed by atoms with van der Waals surface area (Å²) in [7, 11) is 0. The number of carbonyl (C=O) groups excluding carboxylic acids is 2. The topological polar surface area (TPSA) is 91.2 Å². The number of nitriles is 1. The molecule has 2 amide bonds. The zero-order valence-corrected chi connectivity index (χ0v) is 13.5. The predicted molar refractivity (Wildman–Crippen MR) is 84.0 cm³/mol. The lowest BCUT2D eigenvalue weighted by Crippen LogP contribution is -2.32. The first-order valence-electron chi connectivity index (χ1n) is 5.88. The minimum absolute atomic E-state index is 0.0962. The van der Waals surface area contributed by atoms with Crippen molar-refractivity contribution in [1.82, 2.24) is 5.32 Å². The highest BCUT2D eigenvalue weighted by Crippen LogP contribution is 2.33. The fourth-order valence-electron chi connectivity index (χ4n) is 1.30. The van der Waals surface area contributed by atoms with Crippen molar-refractivity contribution < 1.29 is 14.3 Å². The number of nitrogens with one attached hydrogen (secondary N) is 2. The van der Waals surface area contributed by atoms with Crippen LogP contribution in [0.3, 0.4) is 0 Å². The standard InChI is InChI=1S/C13H10Cl3N3O3/c1-2-22-13(21)19-12(20)7(5-17)6-18-11-9(15)3-8(14)4-10(11)16/h3-4,6,18H,2H2,1H3,(H,19,20,21)/b7-6+. The number of amides is 2. The van der Waals surface area contributed by atoms with E-state index in [0.29, 0.717) is 5.02 Å². The highest BCUT2D eigenvalue weighted by atomic mass is 35.5. The number of benzene rings is 1. The third-order valence-corrected chi connectivity index (χ3v) is 3.04. The molecule has 0 saturated carbocycles. The van der Waals surface area contributed by atoms with Crippen LogP contribution in [0.2, 0.25) is 15.1 Å². The molecule has 0 radical (unpaired) electrons. The van der Waals surface area contributed by atoms with E-state index in [2.05, 4.69) is 10.1 Å². The van der Waals surface area contributed by atoms with Gasteiger partial charge < -0.3 is 10.1 Å². The molecular formula is C13H10Cl3N3O3. The van der Waals surface area contributed by atoms with Gasteiger partial charge >= 0.3 is 6.09 Å². The Labute approximate surface area is 141 Å². The van der Waals surface area contributed by atoms with E-state index in [1.807, 2.05) is 5.32 Å². The average Bonchev–Trinajstić information content (AvgIpc) is 2.41. The Balaban J connectivity index is 2.89. The van der Waals surface area contributed by atoms with E-state index in [9.17, 15) is 9.59 Å². The first-order valence-corrected chi connectivity index (χ1v) is 7.01. The van der Waals surface area contributed by atoms with E-state index >= 15 is 0 Å². The molecule has 0 aliphatic rings. The Kier molecular flexibility index (Phi) is 6.99. The second-order valence-electron chi connectivity index (χ2n) is 3.73. The first-order chi connectivity index (χ1) is 10.4.